The van der Waals surface area contributed by atoms with E-state index in [0.717, 1.165) is 19.3 Å². The zero-order chi connectivity index (χ0) is 27.1. The molecule has 0 spiro atoms. The zero-order valence-electron chi connectivity index (χ0n) is 22.5. The van der Waals surface area contributed by atoms with Gasteiger partial charge in [0.05, 0.1) is 0 Å². The minimum atomic E-state index is -0.530. The SMILES string of the molecule is CC(C)(C)C(=O)c1ccc(C(=O)N(CCCCCCN)C(=O)c2ccc(C(=O)C(C)(C)C)cc2)cc1. The lowest BCUT2D eigenvalue weighted by atomic mass is 9.86. The fraction of sp³-hybridized carbons (Fsp3) is 0.467. The van der Waals surface area contributed by atoms with Crippen LogP contribution in [-0.2, 0) is 0 Å². The topological polar surface area (TPSA) is 97.5 Å². The first-order valence-corrected chi connectivity index (χ1v) is 12.6. The lowest BCUT2D eigenvalue weighted by molar-refractivity contribution is 0.0612. The predicted molar refractivity (Wildman–Crippen MR) is 143 cm³/mol. The van der Waals surface area contributed by atoms with E-state index in [1.165, 1.54) is 4.90 Å². The van der Waals surface area contributed by atoms with Gasteiger partial charge in [-0.05, 0) is 43.7 Å². The average Bonchev–Trinajstić information content (AvgIpc) is 2.83. The summed E-state index contributed by atoms with van der Waals surface area (Å²) in [5, 5.41) is 0. The number of amides is 2. The van der Waals surface area contributed by atoms with Gasteiger partial charge in [-0.3, -0.25) is 24.1 Å². The van der Waals surface area contributed by atoms with E-state index in [1.54, 1.807) is 48.5 Å². The Kier molecular flexibility index (Phi) is 9.88. The molecule has 0 aliphatic rings. The number of hydrogen-bond acceptors (Lipinski definition) is 5. The maximum absolute atomic E-state index is 13.4. The van der Waals surface area contributed by atoms with Crippen molar-refractivity contribution in [2.45, 2.75) is 67.2 Å². The van der Waals surface area contributed by atoms with Crippen LogP contribution < -0.4 is 5.73 Å². The third kappa shape index (κ3) is 7.69. The summed E-state index contributed by atoms with van der Waals surface area (Å²) in [6.07, 6.45) is 3.35. The van der Waals surface area contributed by atoms with E-state index in [1.807, 2.05) is 41.5 Å². The first-order chi connectivity index (χ1) is 16.8. The number of rotatable bonds is 10. The summed E-state index contributed by atoms with van der Waals surface area (Å²) in [5.74, 6) is -0.856. The monoisotopic (exact) mass is 492 g/mol. The first-order valence-electron chi connectivity index (χ1n) is 12.6. The van der Waals surface area contributed by atoms with Crippen LogP contribution in [0.2, 0.25) is 0 Å². The molecule has 0 heterocycles. The summed E-state index contributed by atoms with van der Waals surface area (Å²) in [6.45, 7) is 12.0. The number of hydrogen-bond donors (Lipinski definition) is 1. The van der Waals surface area contributed by atoms with Gasteiger partial charge >= 0.3 is 0 Å². The van der Waals surface area contributed by atoms with E-state index in [4.69, 9.17) is 5.73 Å². The minimum Gasteiger partial charge on any atom is -0.330 e. The maximum Gasteiger partial charge on any atom is 0.260 e. The maximum atomic E-state index is 13.4. The van der Waals surface area contributed by atoms with Gasteiger partial charge in [0, 0.05) is 39.6 Å². The van der Waals surface area contributed by atoms with Crippen molar-refractivity contribution in [3.63, 3.8) is 0 Å². The number of carbonyl (C=O) groups excluding carboxylic acids is 4. The van der Waals surface area contributed by atoms with Crippen LogP contribution >= 0.6 is 0 Å². The van der Waals surface area contributed by atoms with Crippen LogP contribution in [0.1, 0.15) is 109 Å². The van der Waals surface area contributed by atoms with Crippen LogP contribution in [0.4, 0.5) is 0 Å². The molecule has 36 heavy (non-hydrogen) atoms. The Hall–Kier alpha value is -3.12. The highest BCUT2D eigenvalue weighted by atomic mass is 16.2. The Morgan fingerprint density at radius 3 is 1.25 bits per heavy atom. The van der Waals surface area contributed by atoms with Crippen LogP contribution in [0.25, 0.3) is 0 Å². The Morgan fingerprint density at radius 2 is 0.917 bits per heavy atom. The lowest BCUT2D eigenvalue weighted by Crippen LogP contribution is -2.38. The van der Waals surface area contributed by atoms with Gasteiger partial charge in [0.1, 0.15) is 0 Å². The summed E-state index contributed by atoms with van der Waals surface area (Å²) < 4.78 is 0. The number of ketones is 2. The Morgan fingerprint density at radius 1 is 0.583 bits per heavy atom. The van der Waals surface area contributed by atoms with Gasteiger partial charge in [0.2, 0.25) is 0 Å². The minimum absolute atomic E-state index is 0.0146. The molecular formula is C30H40N2O4. The number of nitrogens with zero attached hydrogens (tertiary/aromatic N) is 1. The summed E-state index contributed by atoms with van der Waals surface area (Å²) in [5.41, 5.74) is 6.25. The van der Waals surface area contributed by atoms with Crippen molar-refractivity contribution < 1.29 is 19.2 Å². The lowest BCUT2D eigenvalue weighted by Gasteiger charge is -2.22. The van der Waals surface area contributed by atoms with Gasteiger partial charge in [-0.15, -0.1) is 0 Å². The second-order valence-electron chi connectivity index (χ2n) is 11.3. The second kappa shape index (κ2) is 12.2. The standard InChI is InChI=1S/C30H40N2O4/c1-29(2,3)25(33)21-11-15-23(16-12-21)27(35)32(20-10-8-7-9-19-31)28(36)24-17-13-22(14-18-24)26(34)30(4,5)6/h11-18H,7-10,19-20,31H2,1-6H3. The summed E-state index contributed by atoms with van der Waals surface area (Å²) >= 11 is 0. The van der Waals surface area contributed by atoms with Gasteiger partial charge in [0.25, 0.3) is 11.8 Å². The molecule has 6 heteroatoms. The molecule has 0 aliphatic carbocycles. The van der Waals surface area contributed by atoms with Crippen molar-refractivity contribution in [3.05, 3.63) is 70.8 Å². The fourth-order valence-corrected chi connectivity index (χ4v) is 3.77. The van der Waals surface area contributed by atoms with Crippen LogP contribution in [0.5, 0.6) is 0 Å². The molecule has 0 fully saturated rings. The van der Waals surface area contributed by atoms with E-state index in [-0.39, 0.29) is 18.1 Å². The Balaban J connectivity index is 2.29. The Bertz CT molecular complexity index is 990. The number of unbranched alkanes of at least 4 members (excludes halogenated alkanes) is 3. The quantitative estimate of drug-likeness (QED) is 0.251. The largest absolute Gasteiger partial charge is 0.330 e. The molecule has 2 aromatic rings. The summed E-state index contributed by atoms with van der Waals surface area (Å²) in [6, 6.07) is 12.9. The van der Waals surface area contributed by atoms with E-state index in [9.17, 15) is 19.2 Å². The molecule has 0 saturated carbocycles. The van der Waals surface area contributed by atoms with Crippen LogP contribution in [0, 0.1) is 10.8 Å². The van der Waals surface area contributed by atoms with Gasteiger partial charge in [-0.25, -0.2) is 0 Å². The number of benzene rings is 2. The number of Topliss-reactive ketones (excluding diaryl/α,β-unsaturated/α-hetero) is 2. The third-order valence-electron chi connectivity index (χ3n) is 5.98. The highest BCUT2D eigenvalue weighted by Crippen LogP contribution is 2.23. The molecule has 0 radical (unpaired) electrons. The van der Waals surface area contributed by atoms with Crippen molar-refractivity contribution in [1.82, 2.24) is 4.90 Å². The molecule has 0 bridgehead atoms. The van der Waals surface area contributed by atoms with Gasteiger partial charge < -0.3 is 5.73 Å². The normalized spacial score (nSPS) is 11.8. The molecule has 6 nitrogen and oxygen atoms in total. The molecule has 2 amide bonds. The highest BCUT2D eigenvalue weighted by molar-refractivity contribution is 6.11. The Labute approximate surface area is 215 Å². The molecular weight excluding hydrogens is 452 g/mol. The van der Waals surface area contributed by atoms with E-state index >= 15 is 0 Å². The van der Waals surface area contributed by atoms with Gasteiger partial charge in [0.15, 0.2) is 11.6 Å². The average molecular weight is 493 g/mol. The molecule has 194 valence electrons. The third-order valence-corrected chi connectivity index (χ3v) is 5.98. The number of imide groups is 1. The number of nitrogens with two attached hydrogens (primary N) is 1. The van der Waals surface area contributed by atoms with Crippen LogP contribution in [0.3, 0.4) is 0 Å². The van der Waals surface area contributed by atoms with Crippen LogP contribution in [0.15, 0.2) is 48.5 Å². The summed E-state index contributed by atoms with van der Waals surface area (Å²) in [4.78, 5) is 53.2. The molecule has 2 aromatic carbocycles. The van der Waals surface area contributed by atoms with Crippen molar-refractivity contribution in [2.24, 2.45) is 16.6 Å². The first kappa shape index (κ1) is 29.1. The van der Waals surface area contributed by atoms with E-state index in [0.29, 0.717) is 35.2 Å². The molecule has 0 atom stereocenters. The second-order valence-corrected chi connectivity index (χ2v) is 11.3. The van der Waals surface area contributed by atoms with Gasteiger partial charge in [-0.1, -0.05) is 78.6 Å². The van der Waals surface area contributed by atoms with Crippen molar-refractivity contribution in [3.8, 4) is 0 Å². The number of carbonyl (C=O) groups is 4. The van der Waals surface area contributed by atoms with E-state index in [2.05, 4.69) is 0 Å². The smallest absolute Gasteiger partial charge is 0.260 e. The molecule has 0 unspecified atom stereocenters. The molecule has 0 aliphatic heterocycles. The molecule has 0 saturated heterocycles. The highest BCUT2D eigenvalue weighted by Gasteiger charge is 2.27. The van der Waals surface area contributed by atoms with Crippen molar-refractivity contribution >= 4 is 23.4 Å². The molecule has 0 aromatic heterocycles. The molecule has 2 N–H and O–H groups in total. The van der Waals surface area contributed by atoms with E-state index < -0.39 is 22.6 Å². The fourth-order valence-electron chi connectivity index (χ4n) is 3.77. The summed E-state index contributed by atoms with van der Waals surface area (Å²) in [7, 11) is 0. The molecule has 2 rings (SSSR count). The zero-order valence-corrected chi connectivity index (χ0v) is 22.5. The van der Waals surface area contributed by atoms with Crippen molar-refractivity contribution in [1.29, 1.82) is 0 Å². The van der Waals surface area contributed by atoms with Crippen LogP contribution in [-0.4, -0.2) is 41.4 Å². The van der Waals surface area contributed by atoms with Crippen molar-refractivity contribution in [2.75, 3.05) is 13.1 Å². The van der Waals surface area contributed by atoms with Gasteiger partial charge in [-0.2, -0.15) is 0 Å². The predicted octanol–water partition coefficient (Wildman–Crippen LogP) is 5.95.